The van der Waals surface area contributed by atoms with Crippen molar-refractivity contribution in [1.29, 1.82) is 0 Å². The highest BCUT2D eigenvalue weighted by Gasteiger charge is 2.30. The van der Waals surface area contributed by atoms with Crippen molar-refractivity contribution in [3.8, 4) is 0 Å². The fraction of sp³-hybridized carbons (Fsp3) is 0.526. The van der Waals surface area contributed by atoms with E-state index in [2.05, 4.69) is 34.0 Å². The molecule has 1 aliphatic rings. The van der Waals surface area contributed by atoms with Crippen LogP contribution in [0.25, 0.3) is 0 Å². The fourth-order valence-electron chi connectivity index (χ4n) is 3.14. The van der Waals surface area contributed by atoms with Gasteiger partial charge in [0.15, 0.2) is 0 Å². The highest BCUT2D eigenvalue weighted by atomic mass is 32.1. The predicted molar refractivity (Wildman–Crippen MR) is 102 cm³/mol. The maximum atomic E-state index is 12.6. The number of hydrogen-bond acceptors (Lipinski definition) is 6. The molecule has 0 radical (unpaired) electrons. The molecule has 140 valence electrons. The Morgan fingerprint density at radius 2 is 2.27 bits per heavy atom. The minimum absolute atomic E-state index is 0.130. The molecule has 1 fully saturated rings. The van der Waals surface area contributed by atoms with Crippen LogP contribution < -0.4 is 5.32 Å². The molecule has 0 aromatic carbocycles. The van der Waals surface area contributed by atoms with Crippen molar-refractivity contribution in [1.82, 2.24) is 20.2 Å². The number of amides is 1. The Morgan fingerprint density at radius 3 is 2.88 bits per heavy atom. The number of pyridine rings is 1. The second-order valence-electron chi connectivity index (χ2n) is 7.11. The lowest BCUT2D eigenvalue weighted by atomic mass is 10.0. The van der Waals surface area contributed by atoms with Gasteiger partial charge < -0.3 is 10.4 Å². The molecule has 3 heterocycles. The van der Waals surface area contributed by atoms with Crippen molar-refractivity contribution in [3.05, 3.63) is 45.7 Å². The average molecular weight is 375 g/mol. The van der Waals surface area contributed by atoms with Crippen molar-refractivity contribution in [2.75, 3.05) is 13.1 Å². The number of nitrogens with zero attached hydrogens (tertiary/aromatic N) is 3. The van der Waals surface area contributed by atoms with Gasteiger partial charge >= 0.3 is 0 Å². The van der Waals surface area contributed by atoms with Gasteiger partial charge in [0.2, 0.25) is 0 Å². The van der Waals surface area contributed by atoms with E-state index in [1.807, 2.05) is 25.1 Å². The fourth-order valence-corrected chi connectivity index (χ4v) is 4.11. The number of likely N-dealkylation sites (tertiary alicyclic amines) is 1. The Morgan fingerprint density at radius 1 is 1.46 bits per heavy atom. The molecule has 0 saturated carbocycles. The molecule has 7 heteroatoms. The smallest absolute Gasteiger partial charge is 0.263 e. The van der Waals surface area contributed by atoms with Crippen molar-refractivity contribution in [2.24, 2.45) is 0 Å². The molecule has 6 nitrogen and oxygen atoms in total. The lowest BCUT2D eigenvalue weighted by molar-refractivity contribution is 0.0346. The normalized spacial score (nSPS) is 21.1. The summed E-state index contributed by atoms with van der Waals surface area (Å²) in [6, 6.07) is 5.62. The molecule has 26 heavy (non-hydrogen) atoms. The summed E-state index contributed by atoms with van der Waals surface area (Å²) in [5.41, 5.74) is 1.75. The van der Waals surface area contributed by atoms with Crippen LogP contribution in [0.5, 0.6) is 0 Å². The molecule has 2 atom stereocenters. The first-order valence-electron chi connectivity index (χ1n) is 9.02. The van der Waals surface area contributed by atoms with Crippen molar-refractivity contribution in [3.63, 3.8) is 0 Å². The molecule has 2 aromatic rings. The van der Waals surface area contributed by atoms with E-state index in [1.54, 1.807) is 6.20 Å². The van der Waals surface area contributed by atoms with Crippen LogP contribution >= 0.6 is 11.3 Å². The standard InChI is InChI=1S/C19H26N4O2S/c1-12(2)19-21-13(3)17(26-19)18(25)22-15-7-9-23(11-16(15)24)10-14-6-4-5-8-20-14/h4-6,8,12,15-16,24H,7,9-11H2,1-3H3,(H,22,25)/t15-,16-/m1/s1. The number of carbonyl (C=O) groups excluding carboxylic acids is 1. The van der Waals surface area contributed by atoms with Gasteiger partial charge in [-0.15, -0.1) is 11.3 Å². The van der Waals surface area contributed by atoms with Crippen molar-refractivity contribution < 1.29 is 9.90 Å². The van der Waals surface area contributed by atoms with Gasteiger partial charge in [0.1, 0.15) is 4.88 Å². The Balaban J connectivity index is 1.57. The number of aryl methyl sites for hydroxylation is 1. The van der Waals surface area contributed by atoms with Gasteiger partial charge in [-0.1, -0.05) is 19.9 Å². The van der Waals surface area contributed by atoms with Gasteiger partial charge in [-0.3, -0.25) is 14.7 Å². The first kappa shape index (κ1) is 18.9. The Bertz CT molecular complexity index is 747. The number of aliphatic hydroxyl groups is 1. The lowest BCUT2D eigenvalue weighted by Gasteiger charge is -2.36. The van der Waals surface area contributed by atoms with E-state index in [9.17, 15) is 9.90 Å². The number of aromatic nitrogens is 2. The van der Waals surface area contributed by atoms with Gasteiger partial charge in [-0.05, 0) is 25.5 Å². The van der Waals surface area contributed by atoms with Gasteiger partial charge in [0.25, 0.3) is 5.91 Å². The van der Waals surface area contributed by atoms with Gasteiger partial charge in [0.05, 0.1) is 28.5 Å². The highest BCUT2D eigenvalue weighted by molar-refractivity contribution is 7.13. The van der Waals surface area contributed by atoms with Crippen molar-refractivity contribution in [2.45, 2.75) is 51.8 Å². The molecule has 0 bridgehead atoms. The van der Waals surface area contributed by atoms with Crippen LogP contribution in [0.4, 0.5) is 0 Å². The number of hydrogen-bond donors (Lipinski definition) is 2. The largest absolute Gasteiger partial charge is 0.390 e. The zero-order chi connectivity index (χ0) is 18.7. The van der Waals surface area contributed by atoms with Gasteiger partial charge in [-0.25, -0.2) is 4.98 Å². The molecular formula is C19H26N4O2S. The number of aliphatic hydroxyl groups excluding tert-OH is 1. The molecule has 1 saturated heterocycles. The number of nitrogens with one attached hydrogen (secondary N) is 1. The van der Waals surface area contributed by atoms with Crippen LogP contribution in [-0.4, -0.2) is 51.1 Å². The molecule has 2 N–H and O–H groups in total. The first-order valence-corrected chi connectivity index (χ1v) is 9.84. The van der Waals surface area contributed by atoms with Crippen LogP contribution in [0.3, 0.4) is 0 Å². The summed E-state index contributed by atoms with van der Waals surface area (Å²) in [6.07, 6.45) is 1.91. The molecule has 2 aromatic heterocycles. The topological polar surface area (TPSA) is 78.4 Å². The Hall–Kier alpha value is -1.83. The summed E-state index contributed by atoms with van der Waals surface area (Å²) in [7, 11) is 0. The maximum absolute atomic E-state index is 12.6. The molecule has 1 aliphatic heterocycles. The Labute approximate surface area is 158 Å². The third-order valence-electron chi connectivity index (χ3n) is 4.61. The average Bonchev–Trinajstić information content (AvgIpc) is 3.00. The highest BCUT2D eigenvalue weighted by Crippen LogP contribution is 2.25. The predicted octanol–water partition coefficient (Wildman–Crippen LogP) is 2.34. The van der Waals surface area contributed by atoms with E-state index in [1.165, 1.54) is 11.3 Å². The van der Waals surface area contributed by atoms with E-state index in [4.69, 9.17) is 0 Å². The second-order valence-corrected chi connectivity index (χ2v) is 8.14. The SMILES string of the molecule is Cc1nc(C(C)C)sc1C(=O)N[C@@H]1CCN(Cc2ccccn2)C[C@H]1O. The van der Waals surface area contributed by atoms with Gasteiger partial charge in [0, 0.05) is 31.7 Å². The lowest BCUT2D eigenvalue weighted by Crippen LogP contribution is -2.53. The van der Waals surface area contributed by atoms with E-state index in [0.717, 1.165) is 22.9 Å². The molecule has 3 rings (SSSR count). The second kappa shape index (κ2) is 8.24. The third kappa shape index (κ3) is 4.47. The number of rotatable bonds is 5. The molecule has 0 aliphatic carbocycles. The monoisotopic (exact) mass is 374 g/mol. The van der Waals surface area contributed by atoms with Crippen LogP contribution in [0.1, 0.15) is 52.3 Å². The van der Waals surface area contributed by atoms with E-state index in [0.29, 0.717) is 30.3 Å². The van der Waals surface area contributed by atoms with E-state index in [-0.39, 0.29) is 11.9 Å². The van der Waals surface area contributed by atoms with Gasteiger partial charge in [-0.2, -0.15) is 0 Å². The van der Waals surface area contributed by atoms with Crippen LogP contribution in [0.15, 0.2) is 24.4 Å². The van der Waals surface area contributed by atoms with Crippen molar-refractivity contribution >= 4 is 17.2 Å². The van der Waals surface area contributed by atoms with Crippen LogP contribution in [0, 0.1) is 6.92 Å². The molecule has 1 amide bonds. The summed E-state index contributed by atoms with van der Waals surface area (Å²) >= 11 is 1.44. The quantitative estimate of drug-likeness (QED) is 0.840. The minimum atomic E-state index is -0.589. The number of carbonyl (C=O) groups is 1. The molecule has 0 spiro atoms. The summed E-state index contributed by atoms with van der Waals surface area (Å²) in [5.74, 6) is 0.176. The number of thiazole rings is 1. The van der Waals surface area contributed by atoms with Crippen LogP contribution in [0.2, 0.25) is 0 Å². The zero-order valence-electron chi connectivity index (χ0n) is 15.5. The maximum Gasteiger partial charge on any atom is 0.263 e. The van der Waals surface area contributed by atoms with E-state index >= 15 is 0 Å². The number of piperidine rings is 1. The van der Waals surface area contributed by atoms with E-state index < -0.39 is 6.10 Å². The Kier molecular flexibility index (Phi) is 6.01. The summed E-state index contributed by atoms with van der Waals surface area (Å²) in [5, 5.41) is 14.5. The zero-order valence-corrected chi connectivity index (χ0v) is 16.3. The molecular weight excluding hydrogens is 348 g/mol. The first-order chi connectivity index (χ1) is 12.4. The summed E-state index contributed by atoms with van der Waals surface area (Å²) < 4.78 is 0. The third-order valence-corrected chi connectivity index (χ3v) is 6.06. The molecule has 0 unspecified atom stereocenters. The van der Waals surface area contributed by atoms with Crippen LogP contribution in [-0.2, 0) is 6.54 Å². The minimum Gasteiger partial charge on any atom is -0.390 e. The number of β-amino-alcohol motifs (C(OH)–C–C–N with tert-alkyl or cyclic N) is 1. The summed E-state index contributed by atoms with van der Waals surface area (Å²) in [6.45, 7) is 8.06. The summed E-state index contributed by atoms with van der Waals surface area (Å²) in [4.78, 5) is 24.2.